The minimum absolute atomic E-state index is 0.0995. The summed E-state index contributed by atoms with van der Waals surface area (Å²) >= 11 is 0. The van der Waals surface area contributed by atoms with Crippen molar-refractivity contribution in [1.29, 1.82) is 0 Å². The predicted molar refractivity (Wildman–Crippen MR) is 99.0 cm³/mol. The Morgan fingerprint density at radius 3 is 2.46 bits per heavy atom. The Morgan fingerprint density at radius 1 is 1.04 bits per heavy atom. The van der Waals surface area contributed by atoms with Gasteiger partial charge < -0.3 is 0 Å². The standard InChI is InChI=1S/C22H28FN/c1-3-18-6-8-19(9-7-18)12-14-24-13-4-5-21(24)16-20-10-11-22(23)17(2)15-20/h6-11,15,21H,3-5,12-14,16H2,1-2H3. The van der Waals surface area contributed by atoms with Crippen molar-refractivity contribution in [3.05, 3.63) is 70.5 Å². The third-order valence-electron chi connectivity index (χ3n) is 5.31. The largest absolute Gasteiger partial charge is 0.300 e. The summed E-state index contributed by atoms with van der Waals surface area (Å²) in [6, 6.07) is 15.2. The summed E-state index contributed by atoms with van der Waals surface area (Å²) in [6.45, 7) is 6.36. The summed E-state index contributed by atoms with van der Waals surface area (Å²) in [5.74, 6) is -0.0995. The first-order valence-corrected chi connectivity index (χ1v) is 9.22. The van der Waals surface area contributed by atoms with Crippen LogP contribution in [-0.4, -0.2) is 24.0 Å². The van der Waals surface area contributed by atoms with E-state index in [1.165, 1.54) is 36.1 Å². The zero-order valence-electron chi connectivity index (χ0n) is 14.9. The number of hydrogen-bond donors (Lipinski definition) is 0. The van der Waals surface area contributed by atoms with Crippen LogP contribution in [0, 0.1) is 12.7 Å². The molecule has 1 atom stereocenters. The highest BCUT2D eigenvalue weighted by Crippen LogP contribution is 2.22. The fourth-order valence-electron chi connectivity index (χ4n) is 3.74. The van der Waals surface area contributed by atoms with Gasteiger partial charge in [0, 0.05) is 12.6 Å². The average molecular weight is 325 g/mol. The lowest BCUT2D eigenvalue weighted by atomic mass is 10.0. The van der Waals surface area contributed by atoms with E-state index >= 15 is 0 Å². The van der Waals surface area contributed by atoms with Crippen molar-refractivity contribution >= 4 is 0 Å². The third kappa shape index (κ3) is 4.24. The van der Waals surface area contributed by atoms with Gasteiger partial charge in [-0.1, -0.05) is 43.3 Å². The van der Waals surface area contributed by atoms with Crippen LogP contribution in [0.3, 0.4) is 0 Å². The zero-order valence-corrected chi connectivity index (χ0v) is 14.9. The molecule has 1 aliphatic rings. The normalized spacial score (nSPS) is 18.2. The summed E-state index contributed by atoms with van der Waals surface area (Å²) in [5, 5.41) is 0. The van der Waals surface area contributed by atoms with E-state index in [0.717, 1.165) is 31.4 Å². The molecule has 1 aliphatic heterocycles. The molecule has 1 fully saturated rings. The maximum Gasteiger partial charge on any atom is 0.126 e. The fourth-order valence-corrected chi connectivity index (χ4v) is 3.74. The van der Waals surface area contributed by atoms with Crippen molar-refractivity contribution in [2.75, 3.05) is 13.1 Å². The molecule has 24 heavy (non-hydrogen) atoms. The van der Waals surface area contributed by atoms with E-state index in [1.54, 1.807) is 6.07 Å². The van der Waals surface area contributed by atoms with Gasteiger partial charge in [-0.3, -0.25) is 4.90 Å². The predicted octanol–water partition coefficient (Wildman–Crippen LogP) is 4.95. The molecule has 0 spiro atoms. The second-order valence-corrected chi connectivity index (χ2v) is 7.04. The van der Waals surface area contributed by atoms with E-state index in [-0.39, 0.29) is 5.82 Å². The van der Waals surface area contributed by atoms with Crippen LogP contribution in [0.5, 0.6) is 0 Å². The first-order chi connectivity index (χ1) is 11.7. The Balaban J connectivity index is 1.57. The molecule has 3 rings (SSSR count). The second kappa shape index (κ2) is 7.94. The highest BCUT2D eigenvalue weighted by atomic mass is 19.1. The highest BCUT2D eigenvalue weighted by molar-refractivity contribution is 5.25. The van der Waals surface area contributed by atoms with Gasteiger partial charge in [-0.2, -0.15) is 0 Å². The van der Waals surface area contributed by atoms with Gasteiger partial charge in [-0.05, 0) is 73.9 Å². The lowest BCUT2D eigenvalue weighted by Gasteiger charge is -2.24. The molecule has 0 saturated carbocycles. The monoisotopic (exact) mass is 325 g/mol. The van der Waals surface area contributed by atoms with E-state index < -0.39 is 0 Å². The minimum Gasteiger partial charge on any atom is -0.300 e. The number of likely N-dealkylation sites (tertiary alicyclic amines) is 1. The summed E-state index contributed by atoms with van der Waals surface area (Å²) in [5.41, 5.74) is 4.85. The smallest absolute Gasteiger partial charge is 0.126 e. The van der Waals surface area contributed by atoms with Crippen molar-refractivity contribution in [2.45, 2.75) is 52.0 Å². The lowest BCUT2D eigenvalue weighted by molar-refractivity contribution is 0.255. The molecule has 128 valence electrons. The molecule has 0 N–H and O–H groups in total. The molecule has 1 saturated heterocycles. The first-order valence-electron chi connectivity index (χ1n) is 9.22. The Morgan fingerprint density at radius 2 is 1.75 bits per heavy atom. The molecule has 2 aromatic carbocycles. The molecule has 1 nitrogen and oxygen atoms in total. The molecule has 0 aliphatic carbocycles. The van der Waals surface area contributed by atoms with Crippen LogP contribution < -0.4 is 0 Å². The van der Waals surface area contributed by atoms with Crippen LogP contribution in [0.25, 0.3) is 0 Å². The molecular formula is C22H28FN. The number of nitrogens with zero attached hydrogens (tertiary/aromatic N) is 1. The van der Waals surface area contributed by atoms with Gasteiger partial charge in [0.1, 0.15) is 5.82 Å². The Bertz CT molecular complexity index is 662. The van der Waals surface area contributed by atoms with E-state index in [9.17, 15) is 4.39 Å². The number of benzene rings is 2. The Kier molecular flexibility index (Phi) is 5.68. The summed E-state index contributed by atoms with van der Waals surface area (Å²) < 4.78 is 13.4. The Labute approximate surface area is 145 Å². The maximum atomic E-state index is 13.4. The molecule has 0 amide bonds. The molecule has 0 radical (unpaired) electrons. The third-order valence-corrected chi connectivity index (χ3v) is 5.31. The summed E-state index contributed by atoms with van der Waals surface area (Å²) in [6.07, 6.45) is 5.79. The SMILES string of the molecule is CCc1ccc(CCN2CCCC2Cc2ccc(F)c(C)c2)cc1. The fraction of sp³-hybridized carbons (Fsp3) is 0.455. The van der Waals surface area contributed by atoms with Crippen LogP contribution in [0.4, 0.5) is 4.39 Å². The van der Waals surface area contributed by atoms with Crippen LogP contribution in [0.15, 0.2) is 42.5 Å². The number of halogens is 1. The van der Waals surface area contributed by atoms with Gasteiger partial charge in [0.05, 0.1) is 0 Å². The number of rotatable bonds is 6. The van der Waals surface area contributed by atoms with E-state index in [4.69, 9.17) is 0 Å². The average Bonchev–Trinajstić information content (AvgIpc) is 3.04. The van der Waals surface area contributed by atoms with Crippen LogP contribution in [0.1, 0.15) is 42.0 Å². The molecular weight excluding hydrogens is 297 g/mol. The van der Waals surface area contributed by atoms with Crippen molar-refractivity contribution < 1.29 is 4.39 Å². The quantitative estimate of drug-likeness (QED) is 0.726. The number of aryl methyl sites for hydroxylation is 2. The van der Waals surface area contributed by atoms with Crippen molar-refractivity contribution in [1.82, 2.24) is 4.90 Å². The minimum atomic E-state index is -0.0995. The Hall–Kier alpha value is -1.67. The van der Waals surface area contributed by atoms with Crippen LogP contribution >= 0.6 is 0 Å². The molecule has 1 heterocycles. The van der Waals surface area contributed by atoms with E-state index in [1.807, 2.05) is 19.1 Å². The van der Waals surface area contributed by atoms with Gasteiger partial charge in [0.25, 0.3) is 0 Å². The van der Waals surface area contributed by atoms with Crippen LogP contribution in [-0.2, 0) is 19.3 Å². The van der Waals surface area contributed by atoms with Gasteiger partial charge >= 0.3 is 0 Å². The van der Waals surface area contributed by atoms with Crippen molar-refractivity contribution in [2.24, 2.45) is 0 Å². The van der Waals surface area contributed by atoms with Gasteiger partial charge in [-0.15, -0.1) is 0 Å². The van der Waals surface area contributed by atoms with E-state index in [2.05, 4.69) is 36.1 Å². The second-order valence-electron chi connectivity index (χ2n) is 7.04. The van der Waals surface area contributed by atoms with Gasteiger partial charge in [-0.25, -0.2) is 4.39 Å². The van der Waals surface area contributed by atoms with Crippen LogP contribution in [0.2, 0.25) is 0 Å². The summed E-state index contributed by atoms with van der Waals surface area (Å²) in [4.78, 5) is 2.62. The van der Waals surface area contributed by atoms with E-state index in [0.29, 0.717) is 6.04 Å². The van der Waals surface area contributed by atoms with Crippen molar-refractivity contribution in [3.63, 3.8) is 0 Å². The summed E-state index contributed by atoms with van der Waals surface area (Å²) in [7, 11) is 0. The topological polar surface area (TPSA) is 3.24 Å². The first kappa shape index (κ1) is 17.2. The maximum absolute atomic E-state index is 13.4. The molecule has 0 aromatic heterocycles. The van der Waals surface area contributed by atoms with Crippen molar-refractivity contribution in [3.8, 4) is 0 Å². The molecule has 2 aromatic rings. The molecule has 0 bridgehead atoms. The van der Waals surface area contributed by atoms with Gasteiger partial charge in [0.2, 0.25) is 0 Å². The zero-order chi connectivity index (χ0) is 16.9. The molecule has 1 unspecified atom stereocenters. The van der Waals surface area contributed by atoms with Gasteiger partial charge in [0.15, 0.2) is 0 Å². The highest BCUT2D eigenvalue weighted by Gasteiger charge is 2.24. The lowest BCUT2D eigenvalue weighted by Crippen LogP contribution is -2.33. The molecule has 2 heteroatoms. The number of hydrogen-bond acceptors (Lipinski definition) is 1.